The van der Waals surface area contributed by atoms with E-state index in [1.54, 1.807) is 18.2 Å². The summed E-state index contributed by atoms with van der Waals surface area (Å²) >= 11 is 0. The van der Waals surface area contributed by atoms with Crippen LogP contribution in [-0.4, -0.2) is 76.7 Å². The number of rotatable bonds is 5. The molecule has 0 bridgehead atoms. The molecule has 3 heterocycles. The predicted octanol–water partition coefficient (Wildman–Crippen LogP) is 0.0816. The summed E-state index contributed by atoms with van der Waals surface area (Å²) < 4.78 is 32.4. The lowest BCUT2D eigenvalue weighted by atomic mass is 9.99. The van der Waals surface area contributed by atoms with Crippen LogP contribution in [-0.2, 0) is 4.74 Å². The molecule has 12 heteroatoms. The third-order valence-electron chi connectivity index (χ3n) is 5.94. The van der Waals surface area contributed by atoms with E-state index in [1.807, 2.05) is 0 Å². The zero-order chi connectivity index (χ0) is 24.9. The first-order chi connectivity index (χ1) is 16.8. The second-order valence-electron chi connectivity index (χ2n) is 7.99. The van der Waals surface area contributed by atoms with Gasteiger partial charge in [0.1, 0.15) is 41.6 Å². The third kappa shape index (κ3) is 3.81. The van der Waals surface area contributed by atoms with Gasteiger partial charge >= 0.3 is 0 Å². The molecule has 3 aromatic rings. The number of phenols is 1. The highest BCUT2D eigenvalue weighted by molar-refractivity contribution is 5.91. The Hall–Kier alpha value is -3.55. The summed E-state index contributed by atoms with van der Waals surface area (Å²) in [5, 5.41) is 50.3. The average molecular weight is 490 g/mol. The van der Waals surface area contributed by atoms with Crippen molar-refractivity contribution in [2.24, 2.45) is 0 Å². The number of aliphatic hydroxyl groups excluding tert-OH is 4. The number of aromatic hydroxyl groups is 1. The fourth-order valence-corrected chi connectivity index (χ4v) is 4.06. The number of aliphatic hydroxyl groups is 4. The molecule has 5 unspecified atom stereocenters. The van der Waals surface area contributed by atoms with Gasteiger partial charge in [-0.1, -0.05) is 6.07 Å². The van der Waals surface area contributed by atoms with Crippen molar-refractivity contribution in [3.8, 4) is 39.9 Å². The average Bonchev–Trinajstić information content (AvgIpc) is 3.32. The topological polar surface area (TPSA) is 178 Å². The zero-order valence-corrected chi connectivity index (χ0v) is 18.3. The van der Waals surface area contributed by atoms with Crippen LogP contribution >= 0.6 is 0 Å². The van der Waals surface area contributed by atoms with E-state index in [4.69, 9.17) is 28.1 Å². The van der Waals surface area contributed by atoms with Crippen molar-refractivity contribution in [1.82, 2.24) is 0 Å². The van der Waals surface area contributed by atoms with Gasteiger partial charge in [-0.15, -0.1) is 0 Å². The molecule has 0 spiro atoms. The van der Waals surface area contributed by atoms with Gasteiger partial charge in [-0.05, 0) is 17.7 Å². The fraction of sp³-hybridized carbons (Fsp3) is 0.348. The Balaban J connectivity index is 1.55. The summed E-state index contributed by atoms with van der Waals surface area (Å²) in [7, 11) is 1.23. The van der Waals surface area contributed by atoms with Crippen molar-refractivity contribution in [1.29, 1.82) is 0 Å². The molecule has 2 aromatic carbocycles. The first kappa shape index (κ1) is 23.2. The minimum absolute atomic E-state index is 0.0580. The minimum atomic E-state index is -1.70. The van der Waals surface area contributed by atoms with Crippen LogP contribution in [0.3, 0.4) is 0 Å². The molecule has 0 radical (unpaired) electrons. The lowest BCUT2D eigenvalue weighted by Crippen LogP contribution is -2.60. The Morgan fingerprint density at radius 1 is 1.06 bits per heavy atom. The van der Waals surface area contributed by atoms with E-state index in [1.165, 1.54) is 19.4 Å². The summed E-state index contributed by atoms with van der Waals surface area (Å²) in [6.45, 7) is -0.581. The van der Waals surface area contributed by atoms with Crippen LogP contribution < -0.4 is 24.4 Å². The van der Waals surface area contributed by atoms with Gasteiger partial charge in [0.05, 0.1) is 19.3 Å². The van der Waals surface area contributed by atoms with E-state index >= 15 is 0 Å². The van der Waals surface area contributed by atoms with Crippen LogP contribution in [0.5, 0.6) is 28.7 Å². The monoisotopic (exact) mass is 490 g/mol. The minimum Gasteiger partial charge on any atom is -0.504 e. The van der Waals surface area contributed by atoms with Gasteiger partial charge < -0.3 is 53.6 Å². The van der Waals surface area contributed by atoms with Gasteiger partial charge in [0.25, 0.3) is 0 Å². The predicted molar refractivity (Wildman–Crippen MR) is 117 cm³/mol. The lowest BCUT2D eigenvalue weighted by Gasteiger charge is -2.39. The standard InChI is InChI=1S/C23H22O12/c1-30-22-14(34-23-21(29)20(28)18(26)15(6-24)35-23)5-13-16(19(22)27)17(25)10(7-31-13)9-2-3-11-12(4-9)33-8-32-11/h2-5,7,15,18,20-21,23-24,26-29H,6,8H2,1H3. The summed E-state index contributed by atoms with van der Waals surface area (Å²) in [6.07, 6.45) is -6.49. The van der Waals surface area contributed by atoms with E-state index in [0.717, 1.165) is 0 Å². The molecule has 0 saturated carbocycles. The van der Waals surface area contributed by atoms with Crippen molar-refractivity contribution in [2.45, 2.75) is 30.7 Å². The molecule has 1 saturated heterocycles. The van der Waals surface area contributed by atoms with Gasteiger partial charge in [0, 0.05) is 6.07 Å². The van der Waals surface area contributed by atoms with Crippen LogP contribution in [0, 0.1) is 0 Å². The van der Waals surface area contributed by atoms with Crippen molar-refractivity contribution in [3.05, 3.63) is 40.8 Å². The molecule has 1 fully saturated rings. The molecular formula is C23H22O12. The van der Waals surface area contributed by atoms with Gasteiger partial charge in [0.15, 0.2) is 23.0 Å². The maximum absolute atomic E-state index is 13.3. The van der Waals surface area contributed by atoms with E-state index in [2.05, 4.69) is 0 Å². The fourth-order valence-electron chi connectivity index (χ4n) is 4.06. The second-order valence-corrected chi connectivity index (χ2v) is 7.99. The van der Waals surface area contributed by atoms with Crippen LogP contribution in [0.25, 0.3) is 22.1 Å². The number of methoxy groups -OCH3 is 1. The summed E-state index contributed by atoms with van der Waals surface area (Å²) in [5.41, 5.74) is 0.0124. The summed E-state index contributed by atoms with van der Waals surface area (Å²) in [5.74, 6) is -0.0168. The first-order valence-corrected chi connectivity index (χ1v) is 10.6. The Bertz CT molecular complexity index is 1320. The maximum atomic E-state index is 13.3. The normalized spacial score (nSPS) is 25.6. The molecule has 0 aliphatic carbocycles. The quantitative estimate of drug-likeness (QED) is 0.326. The van der Waals surface area contributed by atoms with Gasteiger partial charge in [-0.2, -0.15) is 0 Å². The molecule has 5 rings (SSSR count). The largest absolute Gasteiger partial charge is 0.504 e. The van der Waals surface area contributed by atoms with Crippen molar-refractivity contribution in [3.63, 3.8) is 0 Å². The smallest absolute Gasteiger partial charge is 0.231 e. The molecule has 2 aliphatic rings. The molecule has 5 N–H and O–H groups in total. The number of ether oxygens (including phenoxy) is 5. The highest BCUT2D eigenvalue weighted by Crippen LogP contribution is 2.43. The van der Waals surface area contributed by atoms with Crippen LogP contribution in [0.4, 0.5) is 0 Å². The molecule has 5 atom stereocenters. The second kappa shape index (κ2) is 8.91. The molecule has 12 nitrogen and oxygen atoms in total. The highest BCUT2D eigenvalue weighted by atomic mass is 16.7. The first-order valence-electron chi connectivity index (χ1n) is 10.6. The van der Waals surface area contributed by atoms with E-state index in [9.17, 15) is 30.3 Å². The number of hydrogen-bond donors (Lipinski definition) is 5. The van der Waals surface area contributed by atoms with Crippen LogP contribution in [0.2, 0.25) is 0 Å². The molecule has 0 amide bonds. The molecule has 186 valence electrons. The van der Waals surface area contributed by atoms with Gasteiger partial charge in [0.2, 0.25) is 24.3 Å². The number of benzene rings is 2. The molecular weight excluding hydrogens is 468 g/mol. The SMILES string of the molecule is COc1c(OC2OC(CO)C(O)C(O)C2O)cc2occ(-c3ccc4c(c3)OCO4)c(=O)c2c1O. The van der Waals surface area contributed by atoms with Gasteiger partial charge in [-0.3, -0.25) is 4.79 Å². The van der Waals surface area contributed by atoms with Gasteiger partial charge in [-0.25, -0.2) is 0 Å². The van der Waals surface area contributed by atoms with Crippen molar-refractivity contribution >= 4 is 11.0 Å². The number of phenolic OH excluding ortho intramolecular Hbond substituents is 1. The number of fused-ring (bicyclic) bond motifs is 2. The summed E-state index contributed by atoms with van der Waals surface area (Å²) in [4.78, 5) is 13.3. The summed E-state index contributed by atoms with van der Waals surface area (Å²) in [6, 6.07) is 6.17. The lowest BCUT2D eigenvalue weighted by molar-refractivity contribution is -0.277. The zero-order valence-electron chi connectivity index (χ0n) is 18.3. The van der Waals surface area contributed by atoms with E-state index in [-0.39, 0.29) is 34.8 Å². The number of hydrogen-bond acceptors (Lipinski definition) is 12. The Morgan fingerprint density at radius 2 is 1.83 bits per heavy atom. The van der Waals surface area contributed by atoms with E-state index in [0.29, 0.717) is 17.1 Å². The van der Waals surface area contributed by atoms with Crippen LogP contribution in [0.1, 0.15) is 0 Å². The van der Waals surface area contributed by atoms with Crippen LogP contribution in [0.15, 0.2) is 39.7 Å². The van der Waals surface area contributed by atoms with Crippen molar-refractivity contribution in [2.75, 3.05) is 20.5 Å². The Kier molecular flexibility index (Phi) is 5.91. The highest BCUT2D eigenvalue weighted by Gasteiger charge is 2.45. The molecule has 1 aromatic heterocycles. The van der Waals surface area contributed by atoms with E-state index < -0.39 is 48.5 Å². The Labute approximate surface area is 197 Å². The third-order valence-corrected chi connectivity index (χ3v) is 5.94. The Morgan fingerprint density at radius 3 is 2.57 bits per heavy atom. The van der Waals surface area contributed by atoms with Crippen molar-refractivity contribution < 1.29 is 53.6 Å². The molecule has 35 heavy (non-hydrogen) atoms. The maximum Gasteiger partial charge on any atom is 0.231 e. The molecule has 2 aliphatic heterocycles.